The van der Waals surface area contributed by atoms with Crippen molar-refractivity contribution < 1.29 is 45.0 Å². The van der Waals surface area contributed by atoms with Gasteiger partial charge in [-0.1, -0.05) is 109 Å². The summed E-state index contributed by atoms with van der Waals surface area (Å²) >= 11 is 0. The lowest BCUT2D eigenvalue weighted by molar-refractivity contribution is -0.126. The lowest BCUT2D eigenvalue weighted by Crippen LogP contribution is -2.23. The van der Waals surface area contributed by atoms with E-state index in [-0.39, 0.29) is 33.0 Å². The smallest absolute Gasteiger partial charge is 0.233 e. The van der Waals surface area contributed by atoms with Crippen LogP contribution in [-0.2, 0) is 4.79 Å². The number of aliphatic hydroxyl groups excluding tert-OH is 3. The molecule has 1 atom stereocenters. The van der Waals surface area contributed by atoms with Gasteiger partial charge in [0.15, 0.2) is 17.3 Å². The molecule has 1 aromatic heterocycles. The molecule has 7 aromatic carbocycles. The van der Waals surface area contributed by atoms with E-state index in [4.69, 9.17) is 4.42 Å². The van der Waals surface area contributed by atoms with Crippen LogP contribution in [0.5, 0.6) is 23.0 Å². The fraction of sp³-hybridized carbons (Fsp3) is 0.0227. The van der Waals surface area contributed by atoms with Crippen LogP contribution in [0.3, 0.4) is 0 Å². The third-order valence-electron chi connectivity index (χ3n) is 10.1. The minimum Gasteiger partial charge on any atom is -0.504 e. The molecule has 53 heavy (non-hydrogen) atoms. The van der Waals surface area contributed by atoms with Crippen LogP contribution in [0.2, 0.25) is 0 Å². The molecule has 258 valence electrons. The van der Waals surface area contributed by atoms with Crippen LogP contribution in [0.25, 0.3) is 83.0 Å². The molecule has 0 aliphatic heterocycles. The SMILES string of the molecule is O=C1C(O)=C(O)c2c(c(-c3ccccc3)c3c(O)c(O)c(O)c(O)c3c2-c2ccc(-c3ccc4oc5ccccc5c4c3-c3ccccc3)cc2)C1O. The van der Waals surface area contributed by atoms with Gasteiger partial charge in [-0.25, -0.2) is 0 Å². The van der Waals surface area contributed by atoms with Gasteiger partial charge in [-0.15, -0.1) is 0 Å². The molecule has 0 radical (unpaired) electrons. The number of hydrogen-bond donors (Lipinski definition) is 7. The Hall–Kier alpha value is -7.23. The van der Waals surface area contributed by atoms with E-state index in [0.29, 0.717) is 11.1 Å². The van der Waals surface area contributed by atoms with Crippen LogP contribution in [0, 0.1) is 0 Å². The van der Waals surface area contributed by atoms with Crippen LogP contribution in [0.15, 0.2) is 132 Å². The van der Waals surface area contributed by atoms with E-state index in [0.717, 1.165) is 44.2 Å². The highest BCUT2D eigenvalue weighted by atomic mass is 16.3. The average Bonchev–Trinajstić information content (AvgIpc) is 3.58. The molecular formula is C44H28O9. The van der Waals surface area contributed by atoms with Crippen molar-refractivity contribution >= 4 is 44.3 Å². The molecule has 0 bridgehead atoms. The highest BCUT2D eigenvalue weighted by Crippen LogP contribution is 2.58. The normalized spacial score (nSPS) is 14.4. The van der Waals surface area contributed by atoms with Gasteiger partial charge in [-0.2, -0.15) is 0 Å². The predicted molar refractivity (Wildman–Crippen MR) is 202 cm³/mol. The highest BCUT2D eigenvalue weighted by Gasteiger charge is 2.41. The molecule has 0 spiro atoms. The first-order valence-corrected chi connectivity index (χ1v) is 16.7. The molecule has 0 fully saturated rings. The summed E-state index contributed by atoms with van der Waals surface area (Å²) in [6.45, 7) is 0. The van der Waals surface area contributed by atoms with Crippen molar-refractivity contribution in [1.29, 1.82) is 0 Å². The Morgan fingerprint density at radius 1 is 0.434 bits per heavy atom. The quantitative estimate of drug-likeness (QED) is 0.0697. The summed E-state index contributed by atoms with van der Waals surface area (Å²) < 4.78 is 6.22. The molecule has 9 rings (SSSR count). The standard InChI is InChI=1S/C44H28O9/c45-37-33-30(23-11-5-2-6-12-23)34-36(40(48)44(52)42(50)38(34)46)31(35(33)39(47)43(51)41(37)49)24-17-15-21(16-18-24)25-19-20-28-32(26-13-7-8-14-27(26)53-28)29(25)22-9-3-1-4-10-22/h1-20,37,45-48,50-52H. The Bertz CT molecular complexity index is 2850. The summed E-state index contributed by atoms with van der Waals surface area (Å²) in [6, 6.07) is 36.9. The molecular weight excluding hydrogens is 672 g/mol. The van der Waals surface area contributed by atoms with Gasteiger partial charge >= 0.3 is 0 Å². The molecule has 0 saturated carbocycles. The van der Waals surface area contributed by atoms with Crippen molar-refractivity contribution in [3.05, 3.63) is 138 Å². The largest absolute Gasteiger partial charge is 0.504 e. The summed E-state index contributed by atoms with van der Waals surface area (Å²) in [5, 5.41) is 79.6. The van der Waals surface area contributed by atoms with Crippen molar-refractivity contribution in [2.24, 2.45) is 0 Å². The first-order chi connectivity index (χ1) is 25.7. The molecule has 1 heterocycles. The Labute approximate surface area is 300 Å². The number of phenols is 4. The number of ketones is 1. The van der Waals surface area contributed by atoms with Gasteiger partial charge in [0.05, 0.1) is 0 Å². The second kappa shape index (κ2) is 11.7. The van der Waals surface area contributed by atoms with Crippen LogP contribution >= 0.6 is 0 Å². The van der Waals surface area contributed by atoms with Crippen molar-refractivity contribution in [3.8, 4) is 67.5 Å². The van der Waals surface area contributed by atoms with E-state index in [2.05, 4.69) is 0 Å². The topological polar surface area (TPSA) is 172 Å². The Morgan fingerprint density at radius 3 is 1.60 bits per heavy atom. The predicted octanol–water partition coefficient (Wildman–Crippen LogP) is 9.63. The summed E-state index contributed by atoms with van der Waals surface area (Å²) in [4.78, 5) is 13.1. The number of fused-ring (bicyclic) bond motifs is 5. The van der Waals surface area contributed by atoms with Gasteiger partial charge in [0.2, 0.25) is 23.0 Å². The third kappa shape index (κ3) is 4.51. The van der Waals surface area contributed by atoms with E-state index in [1.165, 1.54) is 0 Å². The number of hydrogen-bond acceptors (Lipinski definition) is 9. The molecule has 7 N–H and O–H groups in total. The van der Waals surface area contributed by atoms with Gasteiger partial charge in [0, 0.05) is 49.4 Å². The van der Waals surface area contributed by atoms with E-state index in [1.807, 2.05) is 78.9 Å². The van der Waals surface area contributed by atoms with Crippen molar-refractivity contribution in [2.75, 3.05) is 0 Å². The molecule has 1 aliphatic carbocycles. The van der Waals surface area contributed by atoms with Gasteiger partial charge in [0.25, 0.3) is 0 Å². The maximum atomic E-state index is 13.1. The maximum absolute atomic E-state index is 13.1. The Kier molecular flexibility index (Phi) is 6.98. The van der Waals surface area contributed by atoms with Crippen LogP contribution in [0.4, 0.5) is 0 Å². The first-order valence-electron chi connectivity index (χ1n) is 16.7. The van der Waals surface area contributed by atoms with Crippen molar-refractivity contribution in [2.45, 2.75) is 6.10 Å². The van der Waals surface area contributed by atoms with E-state index in [9.17, 15) is 40.5 Å². The summed E-state index contributed by atoms with van der Waals surface area (Å²) in [5.41, 5.74) is 5.25. The zero-order valence-electron chi connectivity index (χ0n) is 27.6. The monoisotopic (exact) mass is 700 g/mol. The highest BCUT2D eigenvalue weighted by molar-refractivity contribution is 6.21. The van der Waals surface area contributed by atoms with E-state index >= 15 is 0 Å². The molecule has 1 unspecified atom stereocenters. The fourth-order valence-electron chi connectivity index (χ4n) is 7.69. The van der Waals surface area contributed by atoms with Crippen LogP contribution < -0.4 is 0 Å². The lowest BCUT2D eigenvalue weighted by atomic mass is 9.77. The van der Waals surface area contributed by atoms with Gasteiger partial charge in [-0.3, -0.25) is 4.79 Å². The number of carbonyl (C=O) groups excluding carboxylic acids is 1. The lowest BCUT2D eigenvalue weighted by Gasteiger charge is -2.29. The minimum absolute atomic E-state index is 0.00730. The number of benzene rings is 7. The number of phenolic OH excluding ortho intramolecular Hbond substituents is 4. The zero-order chi connectivity index (χ0) is 36.7. The number of Topliss-reactive ketones (excluding diaryl/α,β-unsaturated/α-hetero) is 1. The minimum atomic E-state index is -2.01. The summed E-state index contributed by atoms with van der Waals surface area (Å²) in [6.07, 6.45) is -2.01. The first kappa shape index (κ1) is 31.7. The van der Waals surface area contributed by atoms with Crippen molar-refractivity contribution in [1.82, 2.24) is 0 Å². The van der Waals surface area contributed by atoms with E-state index in [1.54, 1.807) is 42.5 Å². The number of furan rings is 1. The van der Waals surface area contributed by atoms with E-state index < -0.39 is 46.4 Å². The average molecular weight is 701 g/mol. The molecule has 8 aromatic rings. The molecule has 9 heteroatoms. The molecule has 9 nitrogen and oxygen atoms in total. The number of carbonyl (C=O) groups is 1. The Morgan fingerprint density at radius 2 is 0.962 bits per heavy atom. The Balaban J connectivity index is 1.36. The maximum Gasteiger partial charge on any atom is 0.233 e. The molecule has 1 aliphatic rings. The number of aliphatic hydroxyl groups is 3. The number of rotatable bonds is 4. The van der Waals surface area contributed by atoms with Crippen molar-refractivity contribution in [3.63, 3.8) is 0 Å². The zero-order valence-corrected chi connectivity index (χ0v) is 27.6. The third-order valence-corrected chi connectivity index (χ3v) is 10.1. The second-order valence-electron chi connectivity index (χ2n) is 12.9. The number of aromatic hydroxyl groups is 4. The fourth-order valence-corrected chi connectivity index (χ4v) is 7.69. The van der Waals surface area contributed by atoms with Crippen LogP contribution in [0.1, 0.15) is 17.2 Å². The summed E-state index contributed by atoms with van der Waals surface area (Å²) in [7, 11) is 0. The second-order valence-corrected chi connectivity index (χ2v) is 12.9. The van der Waals surface area contributed by atoms with Gasteiger partial charge in [0.1, 0.15) is 17.3 Å². The summed E-state index contributed by atoms with van der Waals surface area (Å²) in [5.74, 6) is -6.87. The van der Waals surface area contributed by atoms with Crippen LogP contribution in [-0.4, -0.2) is 41.5 Å². The molecule has 0 saturated heterocycles. The molecule has 0 amide bonds. The van der Waals surface area contributed by atoms with Gasteiger partial charge in [-0.05, 0) is 39.9 Å². The number of para-hydroxylation sites is 1. The van der Waals surface area contributed by atoms with Gasteiger partial charge < -0.3 is 40.2 Å².